The minimum absolute atomic E-state index is 0.00865. The van der Waals surface area contributed by atoms with E-state index in [1.807, 2.05) is 43.3 Å². The maximum absolute atomic E-state index is 12.1. The normalized spacial score (nSPS) is 10.7. The van der Waals surface area contributed by atoms with Crippen molar-refractivity contribution < 1.29 is 9.53 Å². The number of aryl methyl sites for hydroxylation is 1. The minimum atomic E-state index is -0.345. The monoisotopic (exact) mass is 308 g/mol. The standard InChI is InChI=1S/C18H16N2O3/c1-13-7-8-16-19-15(10-17(21)20(16)11-13)12-23-18(22)9-14-5-3-2-4-6-14/h2-8,10-11H,9,12H2,1H3. The first kappa shape index (κ1) is 15.0. The Hall–Kier alpha value is -2.95. The van der Waals surface area contributed by atoms with Gasteiger partial charge in [0, 0.05) is 12.3 Å². The molecule has 0 bridgehead atoms. The second-order valence-electron chi connectivity index (χ2n) is 5.34. The number of fused-ring (bicyclic) bond motifs is 1. The number of hydrogen-bond acceptors (Lipinski definition) is 4. The number of benzene rings is 1. The highest BCUT2D eigenvalue weighted by atomic mass is 16.5. The van der Waals surface area contributed by atoms with E-state index < -0.39 is 0 Å². The molecule has 0 saturated carbocycles. The van der Waals surface area contributed by atoms with Crippen molar-refractivity contribution >= 4 is 11.6 Å². The lowest BCUT2D eigenvalue weighted by Crippen LogP contribution is -2.17. The molecule has 0 fully saturated rings. The maximum atomic E-state index is 12.1. The summed E-state index contributed by atoms with van der Waals surface area (Å²) in [6.45, 7) is 1.90. The number of aromatic nitrogens is 2. The van der Waals surface area contributed by atoms with Gasteiger partial charge in [-0.2, -0.15) is 0 Å². The lowest BCUT2D eigenvalue weighted by atomic mass is 10.2. The molecule has 1 aromatic carbocycles. The first-order valence-corrected chi connectivity index (χ1v) is 7.30. The number of carbonyl (C=O) groups excluding carboxylic acids is 1. The van der Waals surface area contributed by atoms with Crippen LogP contribution in [0.1, 0.15) is 16.8 Å². The van der Waals surface area contributed by atoms with Crippen molar-refractivity contribution in [2.45, 2.75) is 20.0 Å². The third-order valence-corrected chi connectivity index (χ3v) is 3.43. The van der Waals surface area contributed by atoms with Gasteiger partial charge in [0.15, 0.2) is 0 Å². The Morgan fingerprint density at radius 1 is 1.17 bits per heavy atom. The van der Waals surface area contributed by atoms with E-state index in [0.717, 1.165) is 11.1 Å². The first-order chi connectivity index (χ1) is 11.1. The second-order valence-corrected chi connectivity index (χ2v) is 5.34. The number of nitrogens with zero attached hydrogens (tertiary/aromatic N) is 2. The molecule has 2 heterocycles. The van der Waals surface area contributed by atoms with Crippen LogP contribution in [0.4, 0.5) is 0 Å². The largest absolute Gasteiger partial charge is 0.459 e. The summed E-state index contributed by atoms with van der Waals surface area (Å²) in [6, 6.07) is 14.4. The Labute approximate surface area is 133 Å². The minimum Gasteiger partial charge on any atom is -0.459 e. The molecule has 0 atom stereocenters. The first-order valence-electron chi connectivity index (χ1n) is 7.30. The zero-order valence-corrected chi connectivity index (χ0v) is 12.7. The van der Waals surface area contributed by atoms with Crippen molar-refractivity contribution in [1.29, 1.82) is 0 Å². The number of ether oxygens (including phenoxy) is 1. The van der Waals surface area contributed by atoms with Gasteiger partial charge in [0.1, 0.15) is 12.3 Å². The Balaban J connectivity index is 1.71. The number of carbonyl (C=O) groups is 1. The molecule has 0 aliphatic carbocycles. The molecule has 23 heavy (non-hydrogen) atoms. The molecule has 0 aliphatic heterocycles. The molecular formula is C18H16N2O3. The van der Waals surface area contributed by atoms with Crippen molar-refractivity contribution in [1.82, 2.24) is 9.38 Å². The lowest BCUT2D eigenvalue weighted by molar-refractivity contribution is -0.144. The fourth-order valence-corrected chi connectivity index (χ4v) is 2.30. The van der Waals surface area contributed by atoms with Gasteiger partial charge in [-0.15, -0.1) is 0 Å². The quantitative estimate of drug-likeness (QED) is 0.694. The van der Waals surface area contributed by atoms with Gasteiger partial charge in [0.25, 0.3) is 5.56 Å². The summed E-state index contributed by atoms with van der Waals surface area (Å²) in [4.78, 5) is 28.3. The van der Waals surface area contributed by atoms with Gasteiger partial charge in [0.2, 0.25) is 0 Å². The molecule has 5 nitrogen and oxygen atoms in total. The molecule has 0 N–H and O–H groups in total. The van der Waals surface area contributed by atoms with Crippen LogP contribution >= 0.6 is 0 Å². The highest BCUT2D eigenvalue weighted by Crippen LogP contribution is 2.05. The molecule has 0 aliphatic rings. The van der Waals surface area contributed by atoms with Gasteiger partial charge in [-0.25, -0.2) is 4.98 Å². The third-order valence-electron chi connectivity index (χ3n) is 3.43. The Morgan fingerprint density at radius 2 is 1.96 bits per heavy atom. The van der Waals surface area contributed by atoms with Crippen LogP contribution < -0.4 is 5.56 Å². The van der Waals surface area contributed by atoms with Crippen molar-refractivity contribution in [2.75, 3.05) is 0 Å². The highest BCUT2D eigenvalue weighted by molar-refractivity contribution is 5.72. The molecular weight excluding hydrogens is 292 g/mol. The van der Waals surface area contributed by atoms with Crippen LogP contribution in [0, 0.1) is 6.92 Å². The number of rotatable bonds is 4. The van der Waals surface area contributed by atoms with E-state index >= 15 is 0 Å². The molecule has 0 spiro atoms. The summed E-state index contributed by atoms with van der Waals surface area (Å²) in [5.41, 5.74) is 2.66. The lowest BCUT2D eigenvalue weighted by Gasteiger charge is -2.06. The van der Waals surface area contributed by atoms with Crippen LogP contribution in [0.3, 0.4) is 0 Å². The molecule has 2 aromatic heterocycles. The second kappa shape index (κ2) is 6.44. The van der Waals surface area contributed by atoms with Crippen LogP contribution in [-0.4, -0.2) is 15.4 Å². The smallest absolute Gasteiger partial charge is 0.310 e. The summed E-state index contributed by atoms with van der Waals surface area (Å²) < 4.78 is 6.69. The van der Waals surface area contributed by atoms with Crippen LogP contribution in [-0.2, 0) is 22.6 Å². The molecule has 0 saturated heterocycles. The Morgan fingerprint density at radius 3 is 2.74 bits per heavy atom. The maximum Gasteiger partial charge on any atom is 0.310 e. The van der Waals surface area contributed by atoms with Gasteiger partial charge in [-0.1, -0.05) is 36.4 Å². The fraction of sp³-hybridized carbons (Fsp3) is 0.167. The number of esters is 1. The summed E-state index contributed by atoms with van der Waals surface area (Å²) in [5.74, 6) is -0.345. The molecule has 0 unspecified atom stereocenters. The number of pyridine rings is 1. The number of hydrogen-bond donors (Lipinski definition) is 0. The summed E-state index contributed by atoms with van der Waals surface area (Å²) in [6.07, 6.45) is 1.93. The molecule has 5 heteroatoms. The van der Waals surface area contributed by atoms with Gasteiger partial charge < -0.3 is 4.74 Å². The van der Waals surface area contributed by atoms with Gasteiger partial charge >= 0.3 is 5.97 Å². The Bertz CT molecular complexity index is 901. The van der Waals surface area contributed by atoms with E-state index in [2.05, 4.69) is 4.98 Å². The zero-order chi connectivity index (χ0) is 16.2. The van der Waals surface area contributed by atoms with E-state index in [4.69, 9.17) is 4.74 Å². The molecule has 0 amide bonds. The summed E-state index contributed by atoms with van der Waals surface area (Å²) >= 11 is 0. The predicted molar refractivity (Wildman–Crippen MR) is 86.1 cm³/mol. The third kappa shape index (κ3) is 3.63. The van der Waals surface area contributed by atoms with Crippen LogP contribution in [0.25, 0.3) is 5.65 Å². The van der Waals surface area contributed by atoms with Crippen LogP contribution in [0.2, 0.25) is 0 Å². The average Bonchev–Trinajstić information content (AvgIpc) is 2.55. The zero-order valence-electron chi connectivity index (χ0n) is 12.7. The highest BCUT2D eigenvalue weighted by Gasteiger charge is 2.07. The Kier molecular flexibility index (Phi) is 4.19. The van der Waals surface area contributed by atoms with Crippen LogP contribution in [0.5, 0.6) is 0 Å². The van der Waals surface area contributed by atoms with Gasteiger partial charge in [0.05, 0.1) is 12.1 Å². The molecule has 116 valence electrons. The van der Waals surface area contributed by atoms with E-state index in [9.17, 15) is 9.59 Å². The average molecular weight is 308 g/mol. The molecule has 3 rings (SSSR count). The van der Waals surface area contributed by atoms with Crippen molar-refractivity contribution in [3.05, 3.63) is 81.9 Å². The summed E-state index contributed by atoms with van der Waals surface area (Å²) in [5, 5.41) is 0. The topological polar surface area (TPSA) is 60.7 Å². The van der Waals surface area contributed by atoms with Crippen molar-refractivity contribution in [3.8, 4) is 0 Å². The SMILES string of the molecule is Cc1ccc2nc(COC(=O)Cc3ccccc3)cc(=O)n2c1. The molecule has 0 radical (unpaired) electrons. The summed E-state index contributed by atoms with van der Waals surface area (Å²) in [7, 11) is 0. The molecule has 3 aromatic rings. The van der Waals surface area contributed by atoms with E-state index in [1.165, 1.54) is 10.5 Å². The van der Waals surface area contributed by atoms with Crippen molar-refractivity contribution in [2.24, 2.45) is 0 Å². The van der Waals surface area contributed by atoms with Crippen molar-refractivity contribution in [3.63, 3.8) is 0 Å². The van der Waals surface area contributed by atoms with Gasteiger partial charge in [-0.3, -0.25) is 14.0 Å². The van der Waals surface area contributed by atoms with E-state index in [-0.39, 0.29) is 24.6 Å². The predicted octanol–water partition coefficient (Wildman–Crippen LogP) is 2.29. The van der Waals surface area contributed by atoms with E-state index in [0.29, 0.717) is 11.3 Å². The van der Waals surface area contributed by atoms with Crippen LogP contribution in [0.15, 0.2) is 59.5 Å². The van der Waals surface area contributed by atoms with Gasteiger partial charge in [-0.05, 0) is 24.1 Å². The van der Waals surface area contributed by atoms with E-state index in [1.54, 1.807) is 12.3 Å². The fourth-order valence-electron chi connectivity index (χ4n) is 2.30.